The first-order chi connectivity index (χ1) is 9.08. The molecule has 7 heteroatoms. The van der Waals surface area contributed by atoms with Gasteiger partial charge in [0.1, 0.15) is 5.69 Å². The molecule has 0 radical (unpaired) electrons. The average molecular weight is 266 g/mol. The van der Waals surface area contributed by atoms with Crippen LogP contribution in [0.25, 0.3) is 11.3 Å². The average Bonchev–Trinajstić information content (AvgIpc) is 2.79. The summed E-state index contributed by atoms with van der Waals surface area (Å²) in [6.45, 7) is 0. The molecule has 0 atom stereocenters. The molecule has 0 saturated heterocycles. The number of rotatable bonds is 3. The smallest absolute Gasteiger partial charge is 0.345 e. The van der Waals surface area contributed by atoms with Crippen LogP contribution in [-0.2, 0) is 4.74 Å². The number of carbonyl (C=O) groups is 1. The Morgan fingerprint density at radius 2 is 2.16 bits per heavy atom. The highest BCUT2D eigenvalue weighted by Crippen LogP contribution is 2.30. The Morgan fingerprint density at radius 1 is 1.42 bits per heavy atom. The van der Waals surface area contributed by atoms with Crippen LogP contribution in [0, 0.1) is 5.82 Å². The highest BCUT2D eigenvalue weighted by Gasteiger charge is 2.23. The van der Waals surface area contributed by atoms with Crippen molar-refractivity contribution in [1.82, 2.24) is 5.16 Å². The summed E-state index contributed by atoms with van der Waals surface area (Å²) in [5, 5.41) is 3.64. The van der Waals surface area contributed by atoms with Gasteiger partial charge in [0, 0.05) is 5.56 Å². The minimum atomic E-state index is -0.704. The maximum absolute atomic E-state index is 13.6. The van der Waals surface area contributed by atoms with Gasteiger partial charge in [-0.2, -0.15) is 0 Å². The fourth-order valence-corrected chi connectivity index (χ4v) is 1.61. The van der Waals surface area contributed by atoms with Crippen molar-refractivity contribution in [3.63, 3.8) is 0 Å². The third-order valence-corrected chi connectivity index (χ3v) is 2.53. The number of hydrogen-bond acceptors (Lipinski definition) is 6. The van der Waals surface area contributed by atoms with Gasteiger partial charge in [-0.15, -0.1) is 0 Å². The Balaban J connectivity index is 2.53. The highest BCUT2D eigenvalue weighted by molar-refractivity contribution is 6.00. The summed E-state index contributed by atoms with van der Waals surface area (Å²) in [7, 11) is 2.55. The van der Waals surface area contributed by atoms with Crippen LogP contribution in [-0.4, -0.2) is 25.3 Å². The number of aromatic nitrogens is 1. The second-order valence-electron chi connectivity index (χ2n) is 3.61. The van der Waals surface area contributed by atoms with Gasteiger partial charge in [-0.1, -0.05) is 5.16 Å². The van der Waals surface area contributed by atoms with E-state index in [1.165, 1.54) is 32.4 Å². The fourth-order valence-electron chi connectivity index (χ4n) is 1.61. The van der Waals surface area contributed by atoms with E-state index >= 15 is 0 Å². The topological polar surface area (TPSA) is 87.6 Å². The van der Waals surface area contributed by atoms with Crippen LogP contribution >= 0.6 is 0 Å². The van der Waals surface area contributed by atoms with E-state index in [-0.39, 0.29) is 22.9 Å². The number of halogens is 1. The number of nitrogen functional groups attached to an aromatic ring is 1. The molecule has 100 valence electrons. The van der Waals surface area contributed by atoms with Crippen molar-refractivity contribution < 1.29 is 23.2 Å². The summed E-state index contributed by atoms with van der Waals surface area (Å²) >= 11 is 0. The Bertz CT molecular complexity index is 624. The molecule has 1 aromatic heterocycles. The number of hydrogen-bond donors (Lipinski definition) is 1. The van der Waals surface area contributed by atoms with E-state index in [0.717, 1.165) is 0 Å². The van der Waals surface area contributed by atoms with Gasteiger partial charge in [0.25, 0.3) is 0 Å². The number of esters is 1. The zero-order valence-electron chi connectivity index (χ0n) is 10.3. The lowest BCUT2D eigenvalue weighted by Gasteiger charge is -2.04. The maximum Gasteiger partial charge on any atom is 0.345 e. The first-order valence-electron chi connectivity index (χ1n) is 5.25. The summed E-state index contributed by atoms with van der Waals surface area (Å²) in [6.07, 6.45) is 0. The number of methoxy groups -OCH3 is 2. The standard InChI is InChI=1S/C12H11FN2O4/c1-17-8-4-3-6(5-7(8)13)10-9(12(16)18-2)11(14)19-15-10/h3-5H,14H2,1-2H3. The summed E-state index contributed by atoms with van der Waals surface area (Å²) in [4.78, 5) is 11.6. The molecule has 2 N–H and O–H groups in total. The molecule has 0 saturated carbocycles. The zero-order valence-corrected chi connectivity index (χ0v) is 10.3. The van der Waals surface area contributed by atoms with Gasteiger partial charge in [0.2, 0.25) is 5.88 Å². The van der Waals surface area contributed by atoms with E-state index in [1.54, 1.807) is 0 Å². The van der Waals surface area contributed by atoms with Gasteiger partial charge < -0.3 is 19.7 Å². The van der Waals surface area contributed by atoms with Crippen molar-refractivity contribution >= 4 is 11.9 Å². The summed E-state index contributed by atoms with van der Waals surface area (Å²) in [5.74, 6) is -1.39. The van der Waals surface area contributed by atoms with Gasteiger partial charge in [-0.05, 0) is 18.2 Å². The van der Waals surface area contributed by atoms with E-state index in [1.807, 2.05) is 0 Å². The molecule has 0 fully saturated rings. The van der Waals surface area contributed by atoms with E-state index < -0.39 is 11.8 Å². The van der Waals surface area contributed by atoms with Crippen LogP contribution in [0.2, 0.25) is 0 Å². The minimum absolute atomic E-state index is 0.0351. The number of carbonyl (C=O) groups excluding carboxylic acids is 1. The number of benzene rings is 1. The Labute approximate surface area is 107 Å². The van der Waals surface area contributed by atoms with Crippen LogP contribution in [0.5, 0.6) is 5.75 Å². The fraction of sp³-hybridized carbons (Fsp3) is 0.167. The summed E-state index contributed by atoms with van der Waals surface area (Å²) in [5.41, 5.74) is 5.91. The molecule has 0 aliphatic carbocycles. The summed E-state index contributed by atoms with van der Waals surface area (Å²) in [6, 6.07) is 4.12. The lowest BCUT2D eigenvalue weighted by atomic mass is 10.1. The van der Waals surface area contributed by atoms with Crippen molar-refractivity contribution in [1.29, 1.82) is 0 Å². The number of anilines is 1. The lowest BCUT2D eigenvalue weighted by molar-refractivity contribution is 0.0602. The van der Waals surface area contributed by atoms with Gasteiger partial charge in [0.15, 0.2) is 17.1 Å². The van der Waals surface area contributed by atoms with Crippen molar-refractivity contribution in [2.45, 2.75) is 0 Å². The van der Waals surface area contributed by atoms with Gasteiger partial charge in [-0.25, -0.2) is 9.18 Å². The SMILES string of the molecule is COC(=O)c1c(-c2ccc(OC)c(F)c2)noc1N. The largest absolute Gasteiger partial charge is 0.494 e. The molecule has 2 aromatic rings. The normalized spacial score (nSPS) is 10.3. The monoisotopic (exact) mass is 266 g/mol. The molecular formula is C12H11FN2O4. The van der Waals surface area contributed by atoms with Crippen LogP contribution in [0.4, 0.5) is 10.3 Å². The van der Waals surface area contributed by atoms with Crippen molar-refractivity contribution in [2.24, 2.45) is 0 Å². The first-order valence-corrected chi connectivity index (χ1v) is 5.25. The molecule has 0 spiro atoms. The molecule has 6 nitrogen and oxygen atoms in total. The summed E-state index contributed by atoms with van der Waals surface area (Å²) < 4.78 is 27.7. The molecule has 19 heavy (non-hydrogen) atoms. The molecule has 0 unspecified atom stereocenters. The van der Waals surface area contributed by atoms with Gasteiger partial charge in [0.05, 0.1) is 14.2 Å². The number of nitrogens with two attached hydrogens (primary N) is 1. The maximum atomic E-state index is 13.6. The second-order valence-corrected chi connectivity index (χ2v) is 3.61. The molecule has 0 bridgehead atoms. The molecular weight excluding hydrogens is 255 g/mol. The Morgan fingerprint density at radius 3 is 2.74 bits per heavy atom. The van der Waals surface area contributed by atoms with Crippen LogP contribution in [0.1, 0.15) is 10.4 Å². The molecule has 1 heterocycles. The second kappa shape index (κ2) is 4.97. The van der Waals surface area contributed by atoms with E-state index in [4.69, 9.17) is 15.0 Å². The predicted octanol–water partition coefficient (Wildman–Crippen LogP) is 1.86. The highest BCUT2D eigenvalue weighted by atomic mass is 19.1. The van der Waals surface area contributed by atoms with E-state index in [0.29, 0.717) is 5.56 Å². The third kappa shape index (κ3) is 2.22. The third-order valence-electron chi connectivity index (χ3n) is 2.53. The molecule has 1 aromatic carbocycles. The van der Waals surface area contributed by atoms with E-state index in [2.05, 4.69) is 9.89 Å². The zero-order chi connectivity index (χ0) is 14.0. The minimum Gasteiger partial charge on any atom is -0.494 e. The van der Waals surface area contributed by atoms with Gasteiger partial charge in [-0.3, -0.25) is 0 Å². The van der Waals surface area contributed by atoms with Crippen LogP contribution in [0.3, 0.4) is 0 Å². The van der Waals surface area contributed by atoms with Crippen molar-refractivity contribution in [3.8, 4) is 17.0 Å². The van der Waals surface area contributed by atoms with Crippen molar-refractivity contribution in [3.05, 3.63) is 29.6 Å². The molecule has 0 aliphatic heterocycles. The Hall–Kier alpha value is -2.57. The lowest BCUT2D eigenvalue weighted by Crippen LogP contribution is -2.05. The Kier molecular flexibility index (Phi) is 3.37. The number of ether oxygens (including phenoxy) is 2. The van der Waals surface area contributed by atoms with Gasteiger partial charge >= 0.3 is 5.97 Å². The van der Waals surface area contributed by atoms with Crippen LogP contribution in [0.15, 0.2) is 22.7 Å². The van der Waals surface area contributed by atoms with Crippen LogP contribution < -0.4 is 10.5 Å². The molecule has 2 rings (SSSR count). The molecule has 0 aliphatic rings. The predicted molar refractivity (Wildman–Crippen MR) is 64.2 cm³/mol. The quantitative estimate of drug-likeness (QED) is 0.853. The van der Waals surface area contributed by atoms with Crippen molar-refractivity contribution in [2.75, 3.05) is 20.0 Å². The first kappa shape index (κ1) is 12.9. The number of nitrogens with zero attached hydrogens (tertiary/aromatic N) is 1. The molecule has 0 amide bonds. The van der Waals surface area contributed by atoms with E-state index in [9.17, 15) is 9.18 Å².